The number of benzene rings is 1. The monoisotopic (exact) mass is 324 g/mol. The van der Waals surface area contributed by atoms with E-state index in [1.807, 2.05) is 24.3 Å². The normalized spacial score (nSPS) is 17.9. The fraction of sp³-hybridized carbons (Fsp3) is 0.500. The van der Waals surface area contributed by atoms with Crippen molar-refractivity contribution < 1.29 is 13.2 Å². The van der Waals surface area contributed by atoms with Crippen molar-refractivity contribution in [3.63, 3.8) is 0 Å². The number of sulfonamides is 1. The molecule has 6 heteroatoms. The predicted octanol–water partition coefficient (Wildman–Crippen LogP) is 1.68. The molecule has 0 amide bonds. The average Bonchev–Trinajstić information content (AvgIpc) is 2.51. The van der Waals surface area contributed by atoms with Crippen LogP contribution in [-0.2, 0) is 10.0 Å². The average molecular weight is 324 g/mol. The van der Waals surface area contributed by atoms with E-state index in [1.54, 1.807) is 11.4 Å². The highest BCUT2D eigenvalue weighted by atomic mass is 32.2. The third-order valence-electron chi connectivity index (χ3n) is 3.82. The minimum absolute atomic E-state index is 0.596. The van der Waals surface area contributed by atoms with Crippen molar-refractivity contribution >= 4 is 16.1 Å². The van der Waals surface area contributed by atoms with Gasteiger partial charge in [0.1, 0.15) is 5.75 Å². The molecule has 2 rings (SSSR count). The lowest BCUT2D eigenvalue weighted by Gasteiger charge is -2.32. The molecular formula is C16H24N2O3S. The summed E-state index contributed by atoms with van der Waals surface area (Å²) >= 11 is 0. The van der Waals surface area contributed by atoms with Crippen molar-refractivity contribution in [2.75, 3.05) is 46.1 Å². The standard InChI is InChI=1S/C16H24N2O3S/c1-21-16-8-5-7-15(14-16)6-3-4-9-17-10-12-18(13-11-17)22(2,19)20/h3,5-8,14H,4,9-13H2,1-2H3. The summed E-state index contributed by atoms with van der Waals surface area (Å²) in [5.41, 5.74) is 1.13. The third-order valence-corrected chi connectivity index (χ3v) is 5.12. The van der Waals surface area contributed by atoms with E-state index in [0.717, 1.165) is 37.4 Å². The van der Waals surface area contributed by atoms with E-state index in [0.29, 0.717) is 13.1 Å². The summed E-state index contributed by atoms with van der Waals surface area (Å²) < 4.78 is 29.6. The third kappa shape index (κ3) is 5.12. The van der Waals surface area contributed by atoms with Crippen molar-refractivity contribution in [2.24, 2.45) is 0 Å². The first-order valence-corrected chi connectivity index (χ1v) is 9.32. The first-order chi connectivity index (χ1) is 10.5. The zero-order valence-electron chi connectivity index (χ0n) is 13.2. The molecule has 0 spiro atoms. The highest BCUT2D eigenvalue weighted by molar-refractivity contribution is 7.88. The Bertz CT molecular complexity index is 606. The van der Waals surface area contributed by atoms with Crippen LogP contribution in [0, 0.1) is 0 Å². The molecule has 0 bridgehead atoms. The molecule has 1 heterocycles. The van der Waals surface area contributed by atoms with Crippen LogP contribution in [0.3, 0.4) is 0 Å². The Balaban J connectivity index is 1.74. The van der Waals surface area contributed by atoms with Gasteiger partial charge in [-0.25, -0.2) is 8.42 Å². The SMILES string of the molecule is COc1cccc(C=CCCN2CCN(S(C)(=O)=O)CC2)c1. The molecule has 0 N–H and O–H groups in total. The lowest BCUT2D eigenvalue weighted by molar-refractivity contribution is 0.192. The lowest BCUT2D eigenvalue weighted by Crippen LogP contribution is -2.48. The Labute approximate surface area is 133 Å². The number of hydrogen-bond donors (Lipinski definition) is 0. The first kappa shape index (κ1) is 17.0. The molecular weight excluding hydrogens is 300 g/mol. The summed E-state index contributed by atoms with van der Waals surface area (Å²) in [4.78, 5) is 2.30. The number of rotatable bonds is 6. The number of ether oxygens (including phenoxy) is 1. The maximum Gasteiger partial charge on any atom is 0.211 e. The van der Waals surface area contributed by atoms with Crippen LogP contribution >= 0.6 is 0 Å². The van der Waals surface area contributed by atoms with Gasteiger partial charge in [0.05, 0.1) is 13.4 Å². The molecule has 0 atom stereocenters. The molecule has 0 unspecified atom stereocenters. The quantitative estimate of drug-likeness (QED) is 0.799. The van der Waals surface area contributed by atoms with Gasteiger partial charge >= 0.3 is 0 Å². The molecule has 1 aromatic rings. The molecule has 1 aromatic carbocycles. The molecule has 0 saturated carbocycles. The highest BCUT2D eigenvalue weighted by Gasteiger charge is 2.22. The van der Waals surface area contributed by atoms with Crippen molar-refractivity contribution in [1.82, 2.24) is 9.21 Å². The van der Waals surface area contributed by atoms with E-state index >= 15 is 0 Å². The second kappa shape index (κ2) is 7.76. The van der Waals surface area contributed by atoms with Gasteiger partial charge in [-0.05, 0) is 24.1 Å². The van der Waals surface area contributed by atoms with Crippen molar-refractivity contribution in [1.29, 1.82) is 0 Å². The Morgan fingerprint density at radius 2 is 1.95 bits per heavy atom. The molecule has 5 nitrogen and oxygen atoms in total. The van der Waals surface area contributed by atoms with E-state index in [4.69, 9.17) is 4.74 Å². The topological polar surface area (TPSA) is 49.9 Å². The van der Waals surface area contributed by atoms with Crippen molar-refractivity contribution in [3.8, 4) is 5.75 Å². The number of methoxy groups -OCH3 is 1. The van der Waals surface area contributed by atoms with Gasteiger partial charge in [-0.2, -0.15) is 4.31 Å². The summed E-state index contributed by atoms with van der Waals surface area (Å²) in [5, 5.41) is 0. The first-order valence-electron chi connectivity index (χ1n) is 7.47. The van der Waals surface area contributed by atoms with Gasteiger partial charge in [0.2, 0.25) is 10.0 Å². The minimum Gasteiger partial charge on any atom is -0.497 e. The molecule has 0 aliphatic carbocycles. The zero-order chi connectivity index (χ0) is 16.0. The fourth-order valence-corrected chi connectivity index (χ4v) is 3.33. The van der Waals surface area contributed by atoms with Gasteiger partial charge in [0, 0.05) is 32.7 Å². The van der Waals surface area contributed by atoms with E-state index in [-0.39, 0.29) is 0 Å². The van der Waals surface area contributed by atoms with E-state index < -0.39 is 10.0 Å². The summed E-state index contributed by atoms with van der Waals surface area (Å²) in [7, 11) is -1.37. The second-order valence-corrected chi connectivity index (χ2v) is 7.45. The van der Waals surface area contributed by atoms with Crippen LogP contribution in [0.1, 0.15) is 12.0 Å². The van der Waals surface area contributed by atoms with Gasteiger partial charge in [0.25, 0.3) is 0 Å². The Morgan fingerprint density at radius 3 is 2.59 bits per heavy atom. The predicted molar refractivity (Wildman–Crippen MR) is 89.5 cm³/mol. The molecule has 1 aliphatic rings. The number of hydrogen-bond acceptors (Lipinski definition) is 4. The van der Waals surface area contributed by atoms with Crippen LogP contribution in [0.25, 0.3) is 6.08 Å². The van der Waals surface area contributed by atoms with E-state index in [1.165, 1.54) is 6.26 Å². The van der Waals surface area contributed by atoms with E-state index in [2.05, 4.69) is 17.1 Å². The maximum absolute atomic E-state index is 11.4. The lowest BCUT2D eigenvalue weighted by atomic mass is 10.2. The van der Waals surface area contributed by atoms with Crippen LogP contribution in [0.15, 0.2) is 30.3 Å². The molecule has 1 aliphatic heterocycles. The van der Waals surface area contributed by atoms with Gasteiger partial charge in [-0.15, -0.1) is 0 Å². The summed E-state index contributed by atoms with van der Waals surface area (Å²) in [6, 6.07) is 7.95. The second-order valence-electron chi connectivity index (χ2n) is 5.47. The van der Waals surface area contributed by atoms with Gasteiger partial charge < -0.3 is 9.64 Å². The van der Waals surface area contributed by atoms with Crippen LogP contribution in [-0.4, -0.2) is 63.7 Å². The van der Waals surface area contributed by atoms with Crippen LogP contribution in [0.5, 0.6) is 5.75 Å². The molecule has 1 fully saturated rings. The Kier molecular flexibility index (Phi) is 5.99. The maximum atomic E-state index is 11.4. The van der Waals surface area contributed by atoms with Gasteiger partial charge in [-0.3, -0.25) is 0 Å². The number of nitrogens with zero attached hydrogens (tertiary/aromatic N) is 2. The van der Waals surface area contributed by atoms with E-state index in [9.17, 15) is 8.42 Å². The molecule has 0 aromatic heterocycles. The van der Waals surface area contributed by atoms with Crippen LogP contribution in [0.2, 0.25) is 0 Å². The van der Waals surface area contributed by atoms with Gasteiger partial charge in [0.15, 0.2) is 0 Å². The molecule has 1 saturated heterocycles. The van der Waals surface area contributed by atoms with Gasteiger partial charge in [-0.1, -0.05) is 24.3 Å². The summed E-state index contributed by atoms with van der Waals surface area (Å²) in [5.74, 6) is 0.860. The molecule has 22 heavy (non-hydrogen) atoms. The zero-order valence-corrected chi connectivity index (χ0v) is 14.1. The van der Waals surface area contributed by atoms with Crippen LogP contribution in [0.4, 0.5) is 0 Å². The van der Waals surface area contributed by atoms with Crippen molar-refractivity contribution in [2.45, 2.75) is 6.42 Å². The summed E-state index contributed by atoms with van der Waals surface area (Å²) in [6.45, 7) is 3.76. The number of piperazine rings is 1. The Hall–Kier alpha value is -1.37. The minimum atomic E-state index is -3.04. The highest BCUT2D eigenvalue weighted by Crippen LogP contribution is 2.14. The fourth-order valence-electron chi connectivity index (χ4n) is 2.51. The molecule has 122 valence electrons. The van der Waals surface area contributed by atoms with Crippen LogP contribution < -0.4 is 4.74 Å². The largest absolute Gasteiger partial charge is 0.497 e. The molecule has 0 radical (unpaired) electrons. The Morgan fingerprint density at radius 1 is 1.23 bits per heavy atom. The smallest absolute Gasteiger partial charge is 0.211 e. The summed E-state index contributed by atoms with van der Waals surface area (Å²) in [6.07, 6.45) is 6.47. The van der Waals surface area contributed by atoms with Crippen molar-refractivity contribution in [3.05, 3.63) is 35.9 Å².